The Balaban J connectivity index is 1.90. The van der Waals surface area contributed by atoms with Crippen molar-refractivity contribution in [1.82, 2.24) is 20.9 Å². The van der Waals surface area contributed by atoms with Gasteiger partial charge in [0.15, 0.2) is 0 Å². The first-order valence-corrected chi connectivity index (χ1v) is 9.68. The zero-order chi connectivity index (χ0) is 20.0. The van der Waals surface area contributed by atoms with E-state index >= 15 is 0 Å². The molecule has 2 rings (SSSR count). The minimum atomic E-state index is -1.08. The highest BCUT2D eigenvalue weighted by Gasteiger charge is 2.37. The summed E-state index contributed by atoms with van der Waals surface area (Å²) in [7, 11) is 0. The number of amides is 3. The van der Waals surface area contributed by atoms with Crippen molar-refractivity contribution >= 4 is 23.7 Å². The third-order valence-electron chi connectivity index (χ3n) is 5.44. The van der Waals surface area contributed by atoms with Gasteiger partial charge in [-0.3, -0.25) is 14.4 Å². The van der Waals surface area contributed by atoms with E-state index in [9.17, 15) is 24.3 Å². The third kappa shape index (κ3) is 5.41. The first-order valence-electron chi connectivity index (χ1n) is 9.68. The molecular weight excluding hydrogens is 352 g/mol. The monoisotopic (exact) mass is 382 g/mol. The Bertz CT molecular complexity index is 576. The van der Waals surface area contributed by atoms with Crippen LogP contribution in [0.3, 0.4) is 0 Å². The van der Waals surface area contributed by atoms with Crippen molar-refractivity contribution in [2.45, 2.75) is 64.1 Å². The predicted molar refractivity (Wildman–Crippen MR) is 97.8 cm³/mol. The molecule has 152 valence electrons. The van der Waals surface area contributed by atoms with Crippen LogP contribution >= 0.6 is 0 Å². The van der Waals surface area contributed by atoms with Crippen LogP contribution in [0, 0.1) is 5.92 Å². The van der Waals surface area contributed by atoms with Crippen molar-refractivity contribution in [3.63, 3.8) is 0 Å². The Morgan fingerprint density at radius 2 is 1.93 bits per heavy atom. The molecule has 0 bridgehead atoms. The molecule has 2 fully saturated rings. The maximum atomic E-state index is 12.6. The molecule has 0 aromatic heterocycles. The minimum absolute atomic E-state index is 0.158. The van der Waals surface area contributed by atoms with Gasteiger partial charge in [0, 0.05) is 6.54 Å². The maximum absolute atomic E-state index is 12.6. The van der Waals surface area contributed by atoms with Gasteiger partial charge < -0.3 is 26.0 Å². The lowest BCUT2D eigenvalue weighted by atomic mass is 9.99. The van der Waals surface area contributed by atoms with Crippen LogP contribution in [0.15, 0.2) is 0 Å². The number of carbonyl (C=O) groups excluding carboxylic acids is 3. The fraction of sp³-hybridized carbons (Fsp3) is 0.778. The van der Waals surface area contributed by atoms with Crippen LogP contribution in [-0.4, -0.2) is 71.5 Å². The number of carboxylic acid groups (broad SMARTS) is 1. The molecule has 2 aliphatic rings. The van der Waals surface area contributed by atoms with Gasteiger partial charge in [0.1, 0.15) is 12.1 Å². The zero-order valence-corrected chi connectivity index (χ0v) is 16.0. The van der Waals surface area contributed by atoms with Crippen molar-refractivity contribution in [2.75, 3.05) is 19.6 Å². The van der Waals surface area contributed by atoms with E-state index in [1.54, 1.807) is 6.92 Å². The summed E-state index contributed by atoms with van der Waals surface area (Å²) >= 11 is 0. The fourth-order valence-electron chi connectivity index (χ4n) is 3.57. The second kappa shape index (κ2) is 9.68. The van der Waals surface area contributed by atoms with Crippen LogP contribution in [0.2, 0.25) is 0 Å². The smallest absolute Gasteiger partial charge is 0.326 e. The highest BCUT2D eigenvalue weighted by molar-refractivity contribution is 5.93. The van der Waals surface area contributed by atoms with E-state index in [2.05, 4.69) is 16.0 Å². The lowest BCUT2D eigenvalue weighted by Gasteiger charge is -2.27. The molecule has 9 nitrogen and oxygen atoms in total. The van der Waals surface area contributed by atoms with E-state index in [0.717, 1.165) is 19.4 Å². The number of carboxylic acids is 1. The fourth-order valence-corrected chi connectivity index (χ4v) is 3.57. The summed E-state index contributed by atoms with van der Waals surface area (Å²) in [5, 5.41) is 17.6. The molecule has 27 heavy (non-hydrogen) atoms. The molecule has 0 spiro atoms. The van der Waals surface area contributed by atoms with Crippen LogP contribution in [0.25, 0.3) is 0 Å². The molecule has 9 heteroatoms. The Morgan fingerprint density at radius 3 is 2.52 bits per heavy atom. The van der Waals surface area contributed by atoms with Crippen LogP contribution in [0.5, 0.6) is 0 Å². The number of carbonyl (C=O) groups is 4. The molecule has 0 aliphatic carbocycles. The number of nitrogens with one attached hydrogen (secondary N) is 3. The van der Waals surface area contributed by atoms with Crippen LogP contribution < -0.4 is 16.0 Å². The second-order valence-electron chi connectivity index (χ2n) is 7.32. The van der Waals surface area contributed by atoms with Crippen molar-refractivity contribution in [3.8, 4) is 0 Å². The average Bonchev–Trinajstić information content (AvgIpc) is 3.34. The molecule has 0 aromatic rings. The van der Waals surface area contributed by atoms with E-state index in [1.807, 2.05) is 6.92 Å². The minimum Gasteiger partial charge on any atom is -0.480 e. The quantitative estimate of drug-likeness (QED) is 0.446. The third-order valence-corrected chi connectivity index (χ3v) is 5.44. The standard InChI is InChI=1S/C18H30N4O5/c1-3-11(2)15(18(26)27)21-17(25)13-7-5-9-22(13)14(23)10-20-16(24)12-6-4-8-19-12/h11-13,15,19H,3-10H2,1-2H3,(H,20,24)(H,21,25)(H,26,27)/t11-,12-,13-,15-/m0/s1. The first kappa shape index (κ1) is 21.1. The summed E-state index contributed by atoms with van der Waals surface area (Å²) in [6.45, 7) is 4.69. The van der Waals surface area contributed by atoms with Gasteiger partial charge in [0.2, 0.25) is 17.7 Å². The van der Waals surface area contributed by atoms with Crippen LogP contribution in [-0.2, 0) is 19.2 Å². The van der Waals surface area contributed by atoms with E-state index in [1.165, 1.54) is 4.90 Å². The molecule has 0 aromatic carbocycles. The Hall–Kier alpha value is -2.16. The van der Waals surface area contributed by atoms with Crippen molar-refractivity contribution in [1.29, 1.82) is 0 Å². The summed E-state index contributed by atoms with van der Waals surface area (Å²) < 4.78 is 0. The van der Waals surface area contributed by atoms with Crippen LogP contribution in [0.4, 0.5) is 0 Å². The van der Waals surface area contributed by atoms with Crippen molar-refractivity contribution < 1.29 is 24.3 Å². The molecule has 0 unspecified atom stereocenters. The van der Waals surface area contributed by atoms with Crippen molar-refractivity contribution in [3.05, 3.63) is 0 Å². The first-order chi connectivity index (χ1) is 12.8. The lowest BCUT2D eigenvalue weighted by molar-refractivity contribution is -0.145. The van der Waals surface area contributed by atoms with Gasteiger partial charge in [-0.2, -0.15) is 0 Å². The number of rotatable bonds is 8. The summed E-state index contributed by atoms with van der Waals surface area (Å²) in [4.78, 5) is 49.9. The summed E-state index contributed by atoms with van der Waals surface area (Å²) in [6.07, 6.45) is 3.46. The van der Waals surface area contributed by atoms with Crippen LogP contribution in [0.1, 0.15) is 46.0 Å². The van der Waals surface area contributed by atoms with E-state index in [0.29, 0.717) is 25.8 Å². The number of hydrogen-bond donors (Lipinski definition) is 4. The highest BCUT2D eigenvalue weighted by Crippen LogP contribution is 2.18. The molecule has 3 amide bonds. The molecule has 4 atom stereocenters. The number of hydrogen-bond acceptors (Lipinski definition) is 5. The Labute approximate surface area is 159 Å². The predicted octanol–water partition coefficient (Wildman–Crippen LogP) is -0.539. The van der Waals surface area contributed by atoms with E-state index in [4.69, 9.17) is 0 Å². The zero-order valence-electron chi connectivity index (χ0n) is 16.0. The molecule has 2 saturated heterocycles. The highest BCUT2D eigenvalue weighted by atomic mass is 16.4. The number of likely N-dealkylation sites (tertiary alicyclic amines) is 1. The van der Waals surface area contributed by atoms with Crippen molar-refractivity contribution in [2.24, 2.45) is 5.92 Å². The molecule has 0 saturated carbocycles. The Morgan fingerprint density at radius 1 is 1.19 bits per heavy atom. The molecule has 2 heterocycles. The van der Waals surface area contributed by atoms with Gasteiger partial charge in [0.25, 0.3) is 0 Å². The maximum Gasteiger partial charge on any atom is 0.326 e. The largest absolute Gasteiger partial charge is 0.480 e. The van der Waals surface area contributed by atoms with Gasteiger partial charge in [-0.1, -0.05) is 20.3 Å². The van der Waals surface area contributed by atoms with Gasteiger partial charge in [0.05, 0.1) is 12.6 Å². The van der Waals surface area contributed by atoms with E-state index in [-0.39, 0.29) is 30.3 Å². The molecule has 0 radical (unpaired) electrons. The summed E-state index contributed by atoms with van der Waals surface area (Å²) in [6, 6.07) is -1.93. The summed E-state index contributed by atoms with van der Waals surface area (Å²) in [5.74, 6) is -2.27. The number of aliphatic carboxylic acids is 1. The van der Waals surface area contributed by atoms with E-state index < -0.39 is 24.0 Å². The average molecular weight is 382 g/mol. The molecule has 4 N–H and O–H groups in total. The molecule has 2 aliphatic heterocycles. The Kier molecular flexibility index (Phi) is 7.58. The topological polar surface area (TPSA) is 128 Å². The van der Waals surface area contributed by atoms with Gasteiger partial charge in [-0.25, -0.2) is 4.79 Å². The number of nitrogens with zero attached hydrogens (tertiary/aromatic N) is 1. The summed E-state index contributed by atoms with van der Waals surface area (Å²) in [5.41, 5.74) is 0. The van der Waals surface area contributed by atoms with Gasteiger partial charge in [-0.15, -0.1) is 0 Å². The SMILES string of the molecule is CC[C@H](C)[C@H](NC(=O)[C@@H]1CCCN1C(=O)CNC(=O)[C@@H]1CCCN1)C(=O)O. The van der Waals surface area contributed by atoms with Gasteiger partial charge >= 0.3 is 5.97 Å². The second-order valence-corrected chi connectivity index (χ2v) is 7.32. The molecular formula is C18H30N4O5. The lowest BCUT2D eigenvalue weighted by Crippen LogP contribution is -2.54. The van der Waals surface area contributed by atoms with Gasteiger partial charge in [-0.05, 0) is 38.1 Å². The normalized spacial score (nSPS) is 24.3.